The van der Waals surface area contributed by atoms with Crippen LogP contribution in [0.4, 0.5) is 0 Å². The van der Waals surface area contributed by atoms with E-state index >= 15 is 0 Å². The van der Waals surface area contributed by atoms with Crippen molar-refractivity contribution in [1.29, 1.82) is 0 Å². The summed E-state index contributed by atoms with van der Waals surface area (Å²) in [6.07, 6.45) is 7.35. The maximum absolute atomic E-state index is 5.24. The van der Waals surface area contributed by atoms with Crippen LogP contribution in [-0.4, -0.2) is 0 Å². The second kappa shape index (κ2) is 3.66. The van der Waals surface area contributed by atoms with Crippen molar-refractivity contribution in [3.05, 3.63) is 0 Å². The van der Waals surface area contributed by atoms with Gasteiger partial charge in [0.1, 0.15) is 0 Å². The van der Waals surface area contributed by atoms with Gasteiger partial charge in [0.25, 0.3) is 0 Å². The van der Waals surface area contributed by atoms with Crippen molar-refractivity contribution in [2.75, 3.05) is 0 Å². The smallest absolute Gasteiger partial charge is 0.0137 e. The lowest BCUT2D eigenvalue weighted by Crippen LogP contribution is -2.13. The molecule has 0 amide bonds. The molecule has 0 fully saturated rings. The molecule has 0 aliphatic rings. The third-order valence-corrected chi connectivity index (χ3v) is 1.54. The van der Waals surface area contributed by atoms with Crippen LogP contribution in [0.1, 0.15) is 40.5 Å². The van der Waals surface area contributed by atoms with Gasteiger partial charge < -0.3 is 0 Å². The monoisotopic (exact) mass is 138 g/mol. The van der Waals surface area contributed by atoms with E-state index in [1.54, 1.807) is 0 Å². The summed E-state index contributed by atoms with van der Waals surface area (Å²) in [6, 6.07) is 0. The van der Waals surface area contributed by atoms with Gasteiger partial charge in [0, 0.05) is 6.42 Å². The van der Waals surface area contributed by atoms with Crippen molar-refractivity contribution in [3.63, 3.8) is 0 Å². The Hall–Kier alpha value is -0.440. The fraction of sp³-hybridized carbons (Fsp3) is 0.800. The Morgan fingerprint density at radius 3 is 2.20 bits per heavy atom. The molecule has 58 valence electrons. The number of rotatable bonds is 3. The van der Waals surface area contributed by atoms with Gasteiger partial charge in [-0.15, -0.1) is 12.3 Å². The zero-order valence-corrected chi connectivity index (χ0v) is 7.57. The highest BCUT2D eigenvalue weighted by Crippen LogP contribution is 2.28. The van der Waals surface area contributed by atoms with Crippen molar-refractivity contribution < 1.29 is 0 Å². The van der Waals surface area contributed by atoms with Crippen LogP contribution in [0.3, 0.4) is 0 Å². The summed E-state index contributed by atoms with van der Waals surface area (Å²) in [5.41, 5.74) is 0.336. The Morgan fingerprint density at radius 1 is 1.40 bits per heavy atom. The zero-order valence-electron chi connectivity index (χ0n) is 7.57. The van der Waals surface area contributed by atoms with Gasteiger partial charge in [0.05, 0.1) is 0 Å². The van der Waals surface area contributed by atoms with Crippen LogP contribution >= 0.6 is 0 Å². The van der Waals surface area contributed by atoms with Crippen molar-refractivity contribution in [2.45, 2.75) is 40.5 Å². The van der Waals surface area contributed by atoms with E-state index in [0.717, 1.165) is 12.3 Å². The molecule has 0 aliphatic heterocycles. The van der Waals surface area contributed by atoms with E-state index in [1.165, 1.54) is 6.42 Å². The van der Waals surface area contributed by atoms with Gasteiger partial charge in [-0.05, 0) is 17.8 Å². The molecule has 0 radical (unpaired) electrons. The first-order valence-electron chi connectivity index (χ1n) is 3.91. The minimum Gasteiger partial charge on any atom is -0.120 e. The molecule has 0 unspecified atom stereocenters. The van der Waals surface area contributed by atoms with Crippen LogP contribution in [0.2, 0.25) is 0 Å². The molecule has 0 bridgehead atoms. The Kier molecular flexibility index (Phi) is 3.50. The highest BCUT2D eigenvalue weighted by Gasteiger charge is 2.17. The van der Waals surface area contributed by atoms with E-state index in [1.807, 2.05) is 0 Å². The Labute approximate surface area is 65.0 Å². The van der Waals surface area contributed by atoms with E-state index in [9.17, 15) is 0 Å². The molecule has 0 aromatic carbocycles. The fourth-order valence-electron chi connectivity index (χ4n) is 1.45. The van der Waals surface area contributed by atoms with E-state index < -0.39 is 0 Å². The van der Waals surface area contributed by atoms with Gasteiger partial charge in [-0.25, -0.2) is 0 Å². The zero-order chi connectivity index (χ0) is 8.20. The maximum atomic E-state index is 5.24. The summed E-state index contributed by atoms with van der Waals surface area (Å²) in [5, 5.41) is 0. The SMILES string of the molecule is C#CCC(C)(C)CC(C)C. The lowest BCUT2D eigenvalue weighted by atomic mass is 9.81. The van der Waals surface area contributed by atoms with E-state index in [-0.39, 0.29) is 0 Å². The summed E-state index contributed by atoms with van der Waals surface area (Å²) in [5.74, 6) is 3.47. The molecule has 0 saturated carbocycles. The highest BCUT2D eigenvalue weighted by atomic mass is 14.2. The third kappa shape index (κ3) is 4.44. The average Bonchev–Trinajstić information content (AvgIpc) is 1.59. The topological polar surface area (TPSA) is 0 Å². The van der Waals surface area contributed by atoms with Gasteiger partial charge in [-0.3, -0.25) is 0 Å². The van der Waals surface area contributed by atoms with Gasteiger partial charge in [-0.1, -0.05) is 27.7 Å². The number of hydrogen-bond acceptors (Lipinski definition) is 0. The number of hydrogen-bond donors (Lipinski definition) is 0. The first-order valence-corrected chi connectivity index (χ1v) is 3.91. The molecule has 0 aromatic rings. The molecule has 0 spiro atoms. The summed E-state index contributed by atoms with van der Waals surface area (Å²) in [4.78, 5) is 0. The molecule has 0 atom stereocenters. The summed E-state index contributed by atoms with van der Waals surface area (Å²) >= 11 is 0. The average molecular weight is 138 g/mol. The Balaban J connectivity index is 3.77. The lowest BCUT2D eigenvalue weighted by Gasteiger charge is -2.23. The standard InChI is InChI=1S/C10H18/c1-6-7-10(4,5)8-9(2)3/h1,9H,7-8H2,2-5H3. The quantitative estimate of drug-likeness (QED) is 0.526. The van der Waals surface area contributed by atoms with Crippen LogP contribution in [0.15, 0.2) is 0 Å². The van der Waals surface area contributed by atoms with Crippen LogP contribution in [0.5, 0.6) is 0 Å². The molecular weight excluding hydrogens is 120 g/mol. The van der Waals surface area contributed by atoms with Gasteiger partial charge in [0.2, 0.25) is 0 Å². The first-order chi connectivity index (χ1) is 4.48. The predicted octanol–water partition coefficient (Wildman–Crippen LogP) is 3.08. The molecule has 10 heavy (non-hydrogen) atoms. The fourth-order valence-corrected chi connectivity index (χ4v) is 1.45. The molecule has 0 heteroatoms. The third-order valence-electron chi connectivity index (χ3n) is 1.54. The normalized spacial score (nSPS) is 11.6. The maximum Gasteiger partial charge on any atom is 0.0137 e. The number of terminal acetylenes is 1. The van der Waals surface area contributed by atoms with Gasteiger partial charge in [-0.2, -0.15) is 0 Å². The van der Waals surface area contributed by atoms with Crippen molar-refractivity contribution >= 4 is 0 Å². The van der Waals surface area contributed by atoms with Crippen LogP contribution in [0.25, 0.3) is 0 Å². The summed E-state index contributed by atoms with van der Waals surface area (Å²) in [6.45, 7) is 8.93. The predicted molar refractivity (Wildman–Crippen MR) is 46.7 cm³/mol. The van der Waals surface area contributed by atoms with Gasteiger partial charge >= 0.3 is 0 Å². The summed E-state index contributed by atoms with van der Waals surface area (Å²) in [7, 11) is 0. The Morgan fingerprint density at radius 2 is 1.90 bits per heavy atom. The molecule has 0 aromatic heterocycles. The first kappa shape index (κ1) is 9.56. The summed E-state index contributed by atoms with van der Waals surface area (Å²) < 4.78 is 0. The molecule has 0 heterocycles. The molecule has 0 saturated heterocycles. The second-order valence-electron chi connectivity index (χ2n) is 4.14. The molecule has 0 N–H and O–H groups in total. The Bertz CT molecular complexity index is 123. The lowest BCUT2D eigenvalue weighted by molar-refractivity contribution is 0.295. The second-order valence-corrected chi connectivity index (χ2v) is 4.14. The van der Waals surface area contributed by atoms with Crippen molar-refractivity contribution in [3.8, 4) is 12.3 Å². The molecule has 0 rings (SSSR count). The van der Waals surface area contributed by atoms with Crippen LogP contribution < -0.4 is 0 Å². The molecule has 0 aliphatic carbocycles. The largest absolute Gasteiger partial charge is 0.120 e. The van der Waals surface area contributed by atoms with E-state index in [2.05, 4.69) is 33.6 Å². The van der Waals surface area contributed by atoms with E-state index in [4.69, 9.17) is 6.42 Å². The van der Waals surface area contributed by atoms with Crippen LogP contribution in [-0.2, 0) is 0 Å². The van der Waals surface area contributed by atoms with Crippen LogP contribution in [0, 0.1) is 23.7 Å². The van der Waals surface area contributed by atoms with Crippen molar-refractivity contribution in [1.82, 2.24) is 0 Å². The minimum atomic E-state index is 0.336. The minimum absolute atomic E-state index is 0.336. The highest BCUT2D eigenvalue weighted by molar-refractivity contribution is 4.90. The van der Waals surface area contributed by atoms with Crippen molar-refractivity contribution in [2.24, 2.45) is 11.3 Å². The molecular formula is C10H18. The molecule has 0 nitrogen and oxygen atoms in total. The van der Waals surface area contributed by atoms with Gasteiger partial charge in [0.15, 0.2) is 0 Å². The van der Waals surface area contributed by atoms with E-state index in [0.29, 0.717) is 5.41 Å².